The normalized spacial score (nSPS) is 15.3. The average Bonchev–Trinajstić information content (AvgIpc) is 2.34. The van der Waals surface area contributed by atoms with Gasteiger partial charge in [-0.15, -0.1) is 0 Å². The molecule has 0 saturated carbocycles. The number of hydrogen-bond acceptors (Lipinski definition) is 3. The van der Waals surface area contributed by atoms with Gasteiger partial charge in [0.2, 0.25) is 5.79 Å². The van der Waals surface area contributed by atoms with Gasteiger partial charge in [0.05, 0.1) is 0 Å². The highest BCUT2D eigenvalue weighted by molar-refractivity contribution is 5.70. The smallest absolute Gasteiger partial charge is 0.308 e. The fourth-order valence-electron chi connectivity index (χ4n) is 2.08. The van der Waals surface area contributed by atoms with E-state index in [0.29, 0.717) is 12.0 Å². The van der Waals surface area contributed by atoms with Crippen LogP contribution in [0.4, 0.5) is 0 Å². The summed E-state index contributed by atoms with van der Waals surface area (Å²) in [5.74, 6) is -1.97. The van der Waals surface area contributed by atoms with Crippen molar-refractivity contribution >= 4 is 5.97 Å². The molecule has 0 aliphatic heterocycles. The first-order valence-electron chi connectivity index (χ1n) is 7.86. The van der Waals surface area contributed by atoms with Crippen LogP contribution in [0.1, 0.15) is 72.4 Å². The highest BCUT2D eigenvalue weighted by atomic mass is 16.7. The minimum absolute atomic E-state index is 0.0255. The summed E-state index contributed by atoms with van der Waals surface area (Å²) in [7, 11) is 0. The summed E-state index contributed by atoms with van der Waals surface area (Å²) in [6.45, 7) is 14.1. The van der Waals surface area contributed by atoms with Crippen LogP contribution in [0.15, 0.2) is 24.3 Å². The van der Waals surface area contributed by atoms with Crippen LogP contribution in [0.25, 0.3) is 0 Å². The predicted molar refractivity (Wildman–Crippen MR) is 89.5 cm³/mol. The molecule has 0 heterocycles. The van der Waals surface area contributed by atoms with Crippen LogP contribution < -0.4 is 0 Å². The Labute approximate surface area is 134 Å². The van der Waals surface area contributed by atoms with Gasteiger partial charge >= 0.3 is 5.97 Å². The quantitative estimate of drug-likeness (QED) is 0.657. The van der Waals surface area contributed by atoms with E-state index >= 15 is 0 Å². The third kappa shape index (κ3) is 5.80. The van der Waals surface area contributed by atoms with E-state index in [2.05, 4.69) is 41.5 Å². The van der Waals surface area contributed by atoms with Crippen LogP contribution in [0.2, 0.25) is 0 Å². The molecule has 0 radical (unpaired) electrons. The first kappa shape index (κ1) is 18.7. The van der Waals surface area contributed by atoms with Gasteiger partial charge in [-0.25, -0.2) is 0 Å². The summed E-state index contributed by atoms with van der Waals surface area (Å²) in [5.41, 5.74) is 1.74. The Hall–Kier alpha value is -1.35. The molecule has 0 saturated heterocycles. The van der Waals surface area contributed by atoms with Crippen molar-refractivity contribution in [2.45, 2.75) is 72.5 Å². The van der Waals surface area contributed by atoms with E-state index in [-0.39, 0.29) is 16.8 Å². The van der Waals surface area contributed by atoms with Crippen LogP contribution >= 0.6 is 0 Å². The van der Waals surface area contributed by atoms with Gasteiger partial charge in [0.25, 0.3) is 0 Å². The van der Waals surface area contributed by atoms with Crippen LogP contribution in [0, 0.1) is 5.41 Å². The zero-order valence-electron chi connectivity index (χ0n) is 15.0. The zero-order valence-corrected chi connectivity index (χ0v) is 15.0. The Kier molecular flexibility index (Phi) is 5.45. The summed E-state index contributed by atoms with van der Waals surface area (Å²) in [6.07, 6.45) is 1.03. The standard InChI is InChI=1S/C19H30O3/c1-17(2,3)12-11-16(20)22-19(7,21)15-10-8-9-14(13-15)18(4,5)6/h8-10,13,21H,11-12H2,1-7H3. The lowest BCUT2D eigenvalue weighted by Gasteiger charge is -2.27. The number of hydrogen-bond donors (Lipinski definition) is 1. The fraction of sp³-hybridized carbons (Fsp3) is 0.632. The molecule has 1 atom stereocenters. The molecule has 0 spiro atoms. The van der Waals surface area contributed by atoms with Crippen LogP contribution in [0.5, 0.6) is 0 Å². The molecule has 22 heavy (non-hydrogen) atoms. The lowest BCUT2D eigenvalue weighted by Crippen LogP contribution is -2.29. The molecule has 1 rings (SSSR count). The van der Waals surface area contributed by atoms with Crippen molar-refractivity contribution in [3.63, 3.8) is 0 Å². The van der Waals surface area contributed by atoms with Gasteiger partial charge in [-0.3, -0.25) is 4.79 Å². The Morgan fingerprint density at radius 2 is 1.59 bits per heavy atom. The Bertz CT molecular complexity index is 516. The predicted octanol–water partition coefficient (Wildman–Crippen LogP) is 4.52. The third-order valence-corrected chi connectivity index (χ3v) is 3.66. The minimum atomic E-state index is -1.60. The van der Waals surface area contributed by atoms with Crippen LogP contribution in [-0.2, 0) is 20.7 Å². The van der Waals surface area contributed by atoms with Gasteiger partial charge in [-0.1, -0.05) is 59.7 Å². The summed E-state index contributed by atoms with van der Waals surface area (Å²) in [6, 6.07) is 7.58. The molecule has 0 aliphatic carbocycles. The topological polar surface area (TPSA) is 46.5 Å². The molecule has 1 aromatic carbocycles. The Balaban J connectivity index is 2.84. The number of benzene rings is 1. The second-order valence-corrected chi connectivity index (χ2v) is 8.35. The highest BCUT2D eigenvalue weighted by Crippen LogP contribution is 2.29. The van der Waals surface area contributed by atoms with E-state index in [4.69, 9.17) is 4.74 Å². The molecule has 1 N–H and O–H groups in total. The summed E-state index contributed by atoms with van der Waals surface area (Å²) < 4.78 is 5.30. The van der Waals surface area contributed by atoms with Gasteiger partial charge in [-0.2, -0.15) is 0 Å². The first-order valence-corrected chi connectivity index (χ1v) is 7.86. The van der Waals surface area contributed by atoms with Crippen molar-refractivity contribution in [2.24, 2.45) is 5.41 Å². The van der Waals surface area contributed by atoms with Crippen molar-refractivity contribution in [3.8, 4) is 0 Å². The minimum Gasteiger partial charge on any atom is -0.429 e. The molecule has 3 heteroatoms. The average molecular weight is 306 g/mol. The van der Waals surface area contributed by atoms with Crippen molar-refractivity contribution in [1.82, 2.24) is 0 Å². The van der Waals surface area contributed by atoms with E-state index in [1.807, 2.05) is 18.2 Å². The molecule has 1 aromatic rings. The molecule has 0 amide bonds. The van der Waals surface area contributed by atoms with Crippen LogP contribution in [-0.4, -0.2) is 11.1 Å². The fourth-order valence-corrected chi connectivity index (χ4v) is 2.08. The molecule has 0 aromatic heterocycles. The Morgan fingerprint density at radius 1 is 1.05 bits per heavy atom. The van der Waals surface area contributed by atoms with Crippen molar-refractivity contribution in [3.05, 3.63) is 35.4 Å². The molecule has 3 nitrogen and oxygen atoms in total. The highest BCUT2D eigenvalue weighted by Gasteiger charge is 2.29. The molecule has 0 bridgehead atoms. The second kappa shape index (κ2) is 6.41. The van der Waals surface area contributed by atoms with E-state index in [1.165, 1.54) is 6.92 Å². The number of ether oxygens (including phenoxy) is 1. The number of rotatable bonds is 4. The molecule has 0 fully saturated rings. The van der Waals surface area contributed by atoms with E-state index in [9.17, 15) is 9.90 Å². The van der Waals surface area contributed by atoms with E-state index in [1.54, 1.807) is 6.07 Å². The largest absolute Gasteiger partial charge is 0.429 e. The molecule has 0 aliphatic rings. The lowest BCUT2D eigenvalue weighted by molar-refractivity contribution is -0.207. The summed E-state index contributed by atoms with van der Waals surface area (Å²) in [5, 5.41) is 10.5. The van der Waals surface area contributed by atoms with Crippen molar-refractivity contribution in [1.29, 1.82) is 0 Å². The zero-order chi connectivity index (χ0) is 17.2. The van der Waals surface area contributed by atoms with Crippen molar-refractivity contribution < 1.29 is 14.6 Å². The second-order valence-electron chi connectivity index (χ2n) is 8.35. The molecular formula is C19H30O3. The van der Waals surface area contributed by atoms with E-state index in [0.717, 1.165) is 12.0 Å². The number of carbonyl (C=O) groups is 1. The maximum absolute atomic E-state index is 12.0. The number of aliphatic hydroxyl groups is 1. The monoisotopic (exact) mass is 306 g/mol. The third-order valence-electron chi connectivity index (χ3n) is 3.66. The van der Waals surface area contributed by atoms with E-state index < -0.39 is 5.79 Å². The molecular weight excluding hydrogens is 276 g/mol. The lowest BCUT2D eigenvalue weighted by atomic mass is 9.85. The SMILES string of the molecule is CC(C)(C)CCC(=O)OC(C)(O)c1cccc(C(C)(C)C)c1. The first-order chi connectivity index (χ1) is 9.81. The number of carbonyl (C=O) groups excluding carboxylic acids is 1. The Morgan fingerprint density at radius 3 is 2.09 bits per heavy atom. The van der Waals surface area contributed by atoms with Gasteiger partial charge in [0.15, 0.2) is 0 Å². The van der Waals surface area contributed by atoms with Gasteiger partial charge in [0.1, 0.15) is 0 Å². The molecule has 124 valence electrons. The summed E-state index contributed by atoms with van der Waals surface area (Å²) in [4.78, 5) is 12.0. The molecule has 1 unspecified atom stereocenters. The van der Waals surface area contributed by atoms with Gasteiger partial charge in [0, 0.05) is 18.9 Å². The number of esters is 1. The maximum Gasteiger partial charge on any atom is 0.308 e. The van der Waals surface area contributed by atoms with Gasteiger partial charge in [-0.05, 0) is 28.9 Å². The maximum atomic E-state index is 12.0. The summed E-state index contributed by atoms with van der Waals surface area (Å²) >= 11 is 0. The van der Waals surface area contributed by atoms with Crippen molar-refractivity contribution in [2.75, 3.05) is 0 Å². The van der Waals surface area contributed by atoms with Gasteiger partial charge < -0.3 is 9.84 Å². The van der Waals surface area contributed by atoms with Crippen LogP contribution in [0.3, 0.4) is 0 Å².